The summed E-state index contributed by atoms with van der Waals surface area (Å²) in [5, 5.41) is 0. The lowest BCUT2D eigenvalue weighted by Crippen LogP contribution is -2.37. The second-order valence-corrected chi connectivity index (χ2v) is 17.1. The lowest BCUT2D eigenvalue weighted by Gasteiger charge is -2.28. The van der Waals surface area contributed by atoms with Gasteiger partial charge in [-0.3, -0.25) is 14.2 Å². The van der Waals surface area contributed by atoms with Crippen molar-refractivity contribution in [3.63, 3.8) is 0 Å². The number of phosphoric acid groups is 1. The van der Waals surface area contributed by atoms with Crippen molar-refractivity contribution in [1.29, 1.82) is 0 Å². The highest BCUT2D eigenvalue weighted by atomic mass is 31.2. The van der Waals surface area contributed by atoms with Crippen LogP contribution in [0.3, 0.4) is 0 Å². The van der Waals surface area contributed by atoms with Gasteiger partial charge in [0.25, 0.3) is 7.82 Å². The fourth-order valence-corrected chi connectivity index (χ4v) is 6.31. The van der Waals surface area contributed by atoms with Crippen LogP contribution in [-0.4, -0.2) is 70.0 Å². The minimum absolute atomic E-state index is 0.0384. The summed E-state index contributed by atoms with van der Waals surface area (Å²) in [4.78, 5) is 37.5. The minimum Gasteiger partial charge on any atom is -0.756 e. The first kappa shape index (κ1) is 53.7. The van der Waals surface area contributed by atoms with Crippen LogP contribution in [0.5, 0.6) is 0 Å². The fraction of sp³-hybridized carbons (Fsp3) is 0.739. The van der Waals surface area contributed by atoms with E-state index in [1.165, 1.54) is 44.9 Å². The molecule has 0 aromatic carbocycles. The Hall–Kier alpha value is -2.29. The summed E-state index contributed by atoms with van der Waals surface area (Å²) in [6, 6.07) is 0. The first-order chi connectivity index (χ1) is 27.0. The zero-order valence-electron chi connectivity index (χ0n) is 36.3. The van der Waals surface area contributed by atoms with E-state index in [0.29, 0.717) is 17.4 Å². The van der Waals surface area contributed by atoms with E-state index < -0.39 is 32.5 Å². The van der Waals surface area contributed by atoms with Gasteiger partial charge in [-0.25, -0.2) is 0 Å². The zero-order valence-corrected chi connectivity index (χ0v) is 37.2. The topological polar surface area (TPSA) is 111 Å². The van der Waals surface area contributed by atoms with E-state index in [2.05, 4.69) is 74.6 Å². The maximum absolute atomic E-state index is 12.7. The van der Waals surface area contributed by atoms with Crippen LogP contribution in [0.15, 0.2) is 60.8 Å². The molecule has 10 heteroatoms. The molecule has 0 spiro atoms. The molecule has 0 aromatic rings. The number of esters is 2. The highest BCUT2D eigenvalue weighted by molar-refractivity contribution is 7.45. The van der Waals surface area contributed by atoms with Crippen molar-refractivity contribution in [3.05, 3.63) is 60.8 Å². The van der Waals surface area contributed by atoms with Gasteiger partial charge >= 0.3 is 11.9 Å². The van der Waals surface area contributed by atoms with Gasteiger partial charge in [-0.2, -0.15) is 0 Å². The van der Waals surface area contributed by atoms with Crippen LogP contribution in [0.2, 0.25) is 0 Å². The molecule has 0 heterocycles. The number of ether oxygens (including phenoxy) is 2. The number of nitrogens with zero attached hydrogens (tertiary/aromatic N) is 1. The third-order valence-electron chi connectivity index (χ3n) is 9.02. The number of rotatable bonds is 39. The number of phosphoric ester groups is 1. The van der Waals surface area contributed by atoms with Crippen molar-refractivity contribution in [1.82, 2.24) is 0 Å². The SMILES string of the molecule is CC/C=C\C/C=C\C/C=C\CCCCCCCC(=O)OC(COC(=O)CCCCCCCCC/C=C\C/C=C\CCCCC)COP(=O)([O-])OCC[N+](C)(C)C. The summed E-state index contributed by atoms with van der Waals surface area (Å²) in [5.74, 6) is -0.867. The lowest BCUT2D eigenvalue weighted by atomic mass is 10.1. The first-order valence-corrected chi connectivity index (χ1v) is 23.5. The Kier molecular flexibility index (Phi) is 36.7. The Morgan fingerprint density at radius 3 is 1.52 bits per heavy atom. The van der Waals surface area contributed by atoms with Crippen LogP contribution in [0.4, 0.5) is 0 Å². The fourth-order valence-electron chi connectivity index (χ4n) is 5.58. The van der Waals surface area contributed by atoms with Crippen molar-refractivity contribution in [2.75, 3.05) is 47.5 Å². The smallest absolute Gasteiger partial charge is 0.306 e. The number of likely N-dealkylation sites (N-methyl/N-ethyl adjacent to an activating group) is 1. The lowest BCUT2D eigenvalue weighted by molar-refractivity contribution is -0.870. The van der Waals surface area contributed by atoms with Crippen molar-refractivity contribution in [3.8, 4) is 0 Å². The summed E-state index contributed by atoms with van der Waals surface area (Å²) in [6.45, 7) is 4.05. The average molecular weight is 808 g/mol. The van der Waals surface area contributed by atoms with Crippen molar-refractivity contribution >= 4 is 19.8 Å². The Morgan fingerprint density at radius 2 is 1.02 bits per heavy atom. The average Bonchev–Trinajstić information content (AvgIpc) is 3.15. The molecule has 56 heavy (non-hydrogen) atoms. The predicted molar refractivity (Wildman–Crippen MR) is 231 cm³/mol. The second-order valence-electron chi connectivity index (χ2n) is 15.7. The van der Waals surface area contributed by atoms with Gasteiger partial charge in [0.2, 0.25) is 0 Å². The molecule has 0 amide bonds. The normalized spacial score (nSPS) is 14.2. The molecule has 0 aliphatic carbocycles. The molecule has 9 nitrogen and oxygen atoms in total. The van der Waals surface area contributed by atoms with Crippen LogP contribution >= 0.6 is 7.82 Å². The van der Waals surface area contributed by atoms with E-state index in [1.807, 2.05) is 21.1 Å². The van der Waals surface area contributed by atoms with Crippen molar-refractivity contribution in [2.24, 2.45) is 0 Å². The summed E-state index contributed by atoms with van der Waals surface area (Å²) >= 11 is 0. The van der Waals surface area contributed by atoms with E-state index in [1.54, 1.807) is 0 Å². The molecule has 0 radical (unpaired) electrons. The summed E-state index contributed by atoms with van der Waals surface area (Å²) in [6.07, 6.45) is 45.3. The number of carbonyl (C=O) groups excluding carboxylic acids is 2. The maximum Gasteiger partial charge on any atom is 0.306 e. The molecule has 0 rings (SSSR count). The van der Waals surface area contributed by atoms with Gasteiger partial charge < -0.3 is 27.9 Å². The van der Waals surface area contributed by atoms with Crippen LogP contribution in [0.25, 0.3) is 0 Å². The molecule has 0 N–H and O–H groups in total. The Balaban J connectivity index is 4.40. The molecule has 2 atom stereocenters. The van der Waals surface area contributed by atoms with Crippen molar-refractivity contribution < 1.29 is 42.1 Å². The van der Waals surface area contributed by atoms with E-state index in [4.69, 9.17) is 18.5 Å². The number of allylic oxidation sites excluding steroid dienone is 10. The molecule has 0 bridgehead atoms. The molecule has 0 aliphatic heterocycles. The molecular formula is C46H82NO8P. The van der Waals surface area contributed by atoms with E-state index in [9.17, 15) is 19.0 Å². The first-order valence-electron chi connectivity index (χ1n) is 22.0. The third kappa shape index (κ3) is 41.3. The van der Waals surface area contributed by atoms with Gasteiger partial charge in [0.1, 0.15) is 19.8 Å². The monoisotopic (exact) mass is 808 g/mol. The molecule has 324 valence electrons. The van der Waals surface area contributed by atoms with E-state index in [0.717, 1.165) is 89.9 Å². The quantitative estimate of drug-likeness (QED) is 0.0198. The second kappa shape index (κ2) is 38.2. The van der Waals surface area contributed by atoms with Crippen LogP contribution < -0.4 is 4.89 Å². The Morgan fingerprint density at radius 1 is 0.571 bits per heavy atom. The zero-order chi connectivity index (χ0) is 41.4. The minimum atomic E-state index is -4.63. The molecule has 0 saturated heterocycles. The largest absolute Gasteiger partial charge is 0.756 e. The molecule has 0 saturated carbocycles. The van der Waals surface area contributed by atoms with Gasteiger partial charge in [0, 0.05) is 12.8 Å². The van der Waals surface area contributed by atoms with Crippen LogP contribution in [-0.2, 0) is 32.7 Å². The number of carbonyl (C=O) groups is 2. The van der Waals surface area contributed by atoms with Gasteiger partial charge in [-0.15, -0.1) is 0 Å². The van der Waals surface area contributed by atoms with Crippen LogP contribution in [0, 0.1) is 0 Å². The molecule has 2 unspecified atom stereocenters. The molecular weight excluding hydrogens is 725 g/mol. The van der Waals surface area contributed by atoms with E-state index >= 15 is 0 Å². The molecule has 0 aliphatic rings. The van der Waals surface area contributed by atoms with E-state index in [-0.39, 0.29) is 26.1 Å². The molecule has 0 fully saturated rings. The number of quaternary nitrogens is 1. The third-order valence-corrected chi connectivity index (χ3v) is 9.99. The molecule has 0 aromatic heterocycles. The maximum atomic E-state index is 12.7. The summed E-state index contributed by atoms with van der Waals surface area (Å²) in [7, 11) is 1.14. The standard InChI is InChI=1S/C46H82NO8P/c1-6-8-10-12-14-16-18-20-22-23-25-26-28-30-32-34-36-38-45(48)52-42-44(43-54-56(50,51)53-41-40-47(3,4)5)55-46(49)39-37-35-33-31-29-27-24-21-19-17-15-13-11-9-7-2/h9,11,14-17,20-22,24,44H,6-8,10,12-13,18-19,23,25-43H2,1-5H3/b11-9-,16-14-,17-15-,22-20-,24-21-. The summed E-state index contributed by atoms with van der Waals surface area (Å²) in [5.41, 5.74) is 0. The van der Waals surface area contributed by atoms with Gasteiger partial charge in [0.05, 0.1) is 27.7 Å². The van der Waals surface area contributed by atoms with Crippen LogP contribution in [0.1, 0.15) is 168 Å². The Labute approximate surface area is 343 Å². The van der Waals surface area contributed by atoms with Gasteiger partial charge in [0.15, 0.2) is 6.10 Å². The van der Waals surface area contributed by atoms with Gasteiger partial charge in [-0.05, 0) is 77.0 Å². The highest BCUT2D eigenvalue weighted by Crippen LogP contribution is 2.38. The van der Waals surface area contributed by atoms with Crippen molar-refractivity contribution in [2.45, 2.75) is 174 Å². The number of unbranched alkanes of at least 4 members (excludes halogenated alkanes) is 15. The van der Waals surface area contributed by atoms with Gasteiger partial charge in [-0.1, -0.05) is 139 Å². The predicted octanol–water partition coefficient (Wildman–Crippen LogP) is 11.8. The number of hydrogen-bond acceptors (Lipinski definition) is 8. The Bertz CT molecular complexity index is 1140. The number of hydrogen-bond donors (Lipinski definition) is 0. The summed E-state index contributed by atoms with van der Waals surface area (Å²) < 4.78 is 33.9. The highest BCUT2D eigenvalue weighted by Gasteiger charge is 2.21.